The summed E-state index contributed by atoms with van der Waals surface area (Å²) in [5.41, 5.74) is 0.840. The van der Waals surface area contributed by atoms with Gasteiger partial charge in [0.05, 0.1) is 18.7 Å². The first-order valence-corrected chi connectivity index (χ1v) is 10.8. The summed E-state index contributed by atoms with van der Waals surface area (Å²) in [6.45, 7) is 0.476. The van der Waals surface area contributed by atoms with Crippen molar-refractivity contribution in [3.63, 3.8) is 0 Å². The highest BCUT2D eigenvalue weighted by Gasteiger charge is 2.10. The van der Waals surface area contributed by atoms with Crippen molar-refractivity contribution in [2.24, 2.45) is 7.05 Å². The molecule has 1 amide bonds. The van der Waals surface area contributed by atoms with E-state index in [9.17, 15) is 4.79 Å². The van der Waals surface area contributed by atoms with E-state index in [2.05, 4.69) is 32.6 Å². The molecule has 0 aliphatic rings. The second kappa shape index (κ2) is 9.19. The van der Waals surface area contributed by atoms with E-state index in [0.29, 0.717) is 35.8 Å². The number of hydrogen-bond acceptors (Lipinski definition) is 6. The lowest BCUT2D eigenvalue weighted by atomic mass is 10.1. The molecule has 7 nitrogen and oxygen atoms in total. The summed E-state index contributed by atoms with van der Waals surface area (Å²) in [6, 6.07) is 14.1. The fraction of sp³-hybridized carbons (Fsp3) is 0.238. The number of rotatable bonds is 8. The van der Waals surface area contributed by atoms with Gasteiger partial charge < -0.3 is 14.6 Å². The number of amides is 1. The van der Waals surface area contributed by atoms with Gasteiger partial charge in [0.1, 0.15) is 11.6 Å². The maximum Gasteiger partial charge on any atom is 0.226 e. The van der Waals surface area contributed by atoms with Crippen LogP contribution in [0.15, 0.2) is 47.8 Å². The van der Waals surface area contributed by atoms with E-state index < -0.39 is 0 Å². The molecule has 30 heavy (non-hydrogen) atoms. The lowest BCUT2D eigenvalue weighted by molar-refractivity contribution is -0.116. The van der Waals surface area contributed by atoms with E-state index in [1.54, 1.807) is 0 Å². The van der Waals surface area contributed by atoms with Crippen LogP contribution in [0.2, 0.25) is 0 Å². The maximum atomic E-state index is 12.2. The van der Waals surface area contributed by atoms with Crippen LogP contribution in [0.3, 0.4) is 0 Å². The minimum absolute atomic E-state index is 0.0735. The number of fused-ring (bicyclic) bond motifs is 1. The monoisotopic (exact) mass is 439 g/mol. The standard InChI is InChI=1S/C21H21N5O2S2/c1-26-18(24-25-21(26)29)12-15-13-30-20(22-15)23-19(27)10-5-11-28-17-9-4-7-14-6-2-3-8-16(14)17/h2-4,6-9,13H,5,10-12H2,1H3,(H,25,29)(H,22,23,27). The molecule has 0 saturated heterocycles. The van der Waals surface area contributed by atoms with Crippen LogP contribution in [0.5, 0.6) is 5.75 Å². The Morgan fingerprint density at radius 1 is 1.27 bits per heavy atom. The van der Waals surface area contributed by atoms with Crippen molar-refractivity contribution in [3.05, 3.63) is 64.1 Å². The molecular formula is C21H21N5O2S2. The van der Waals surface area contributed by atoms with Gasteiger partial charge in [0.15, 0.2) is 9.90 Å². The third kappa shape index (κ3) is 4.74. The van der Waals surface area contributed by atoms with Crippen molar-refractivity contribution in [1.82, 2.24) is 19.7 Å². The van der Waals surface area contributed by atoms with Gasteiger partial charge in [-0.3, -0.25) is 9.89 Å². The summed E-state index contributed by atoms with van der Waals surface area (Å²) in [6.07, 6.45) is 1.54. The number of H-pyrrole nitrogens is 1. The van der Waals surface area contributed by atoms with Gasteiger partial charge in [0.2, 0.25) is 5.91 Å². The highest BCUT2D eigenvalue weighted by molar-refractivity contribution is 7.71. The second-order valence-corrected chi connectivity index (χ2v) is 8.05. The van der Waals surface area contributed by atoms with Crippen molar-refractivity contribution >= 4 is 45.4 Å². The summed E-state index contributed by atoms with van der Waals surface area (Å²) >= 11 is 6.52. The molecule has 0 bridgehead atoms. The van der Waals surface area contributed by atoms with Gasteiger partial charge in [-0.05, 0) is 30.1 Å². The van der Waals surface area contributed by atoms with Gasteiger partial charge in [-0.15, -0.1) is 11.3 Å². The summed E-state index contributed by atoms with van der Waals surface area (Å²) < 4.78 is 8.27. The Bertz CT molecular complexity index is 1220. The van der Waals surface area contributed by atoms with Crippen LogP contribution in [0.1, 0.15) is 24.4 Å². The summed E-state index contributed by atoms with van der Waals surface area (Å²) in [5, 5.41) is 14.5. The lowest BCUT2D eigenvalue weighted by Gasteiger charge is -2.09. The van der Waals surface area contributed by atoms with E-state index in [0.717, 1.165) is 28.0 Å². The zero-order valence-corrected chi connectivity index (χ0v) is 18.1. The van der Waals surface area contributed by atoms with Gasteiger partial charge in [-0.2, -0.15) is 5.10 Å². The topological polar surface area (TPSA) is 84.8 Å². The van der Waals surface area contributed by atoms with Crippen LogP contribution < -0.4 is 10.1 Å². The van der Waals surface area contributed by atoms with Gasteiger partial charge in [0, 0.05) is 24.2 Å². The molecule has 0 atom stereocenters. The number of carbonyl (C=O) groups is 1. The highest BCUT2D eigenvalue weighted by atomic mass is 32.1. The van der Waals surface area contributed by atoms with Gasteiger partial charge in [0.25, 0.3) is 0 Å². The SMILES string of the molecule is Cn1c(Cc2csc(NC(=O)CCCOc3cccc4ccccc34)n2)n[nH]c1=S. The van der Waals surface area contributed by atoms with Crippen LogP contribution in [0.4, 0.5) is 5.13 Å². The van der Waals surface area contributed by atoms with E-state index >= 15 is 0 Å². The fourth-order valence-corrected chi connectivity index (χ4v) is 3.94. The molecule has 0 unspecified atom stereocenters. The Balaban J connectivity index is 1.25. The molecule has 0 spiro atoms. The largest absolute Gasteiger partial charge is 0.493 e. The molecule has 2 heterocycles. The number of benzene rings is 2. The number of carbonyl (C=O) groups excluding carboxylic acids is 1. The number of aromatic amines is 1. The van der Waals surface area contributed by atoms with Gasteiger partial charge >= 0.3 is 0 Å². The first kappa shape index (κ1) is 20.2. The Hall–Kier alpha value is -3.04. The van der Waals surface area contributed by atoms with E-state index in [4.69, 9.17) is 17.0 Å². The molecule has 4 aromatic rings. The lowest BCUT2D eigenvalue weighted by Crippen LogP contribution is -2.12. The quantitative estimate of drug-likeness (QED) is 0.312. The third-order valence-electron chi connectivity index (χ3n) is 4.67. The Kier molecular flexibility index (Phi) is 6.20. The number of thiazole rings is 1. The molecule has 0 aliphatic carbocycles. The predicted octanol–water partition coefficient (Wildman–Crippen LogP) is 4.48. The normalized spacial score (nSPS) is 11.0. The average Bonchev–Trinajstić information content (AvgIpc) is 3.32. The molecule has 0 aliphatic heterocycles. The van der Waals surface area contributed by atoms with Crippen molar-refractivity contribution in [2.45, 2.75) is 19.3 Å². The molecule has 2 N–H and O–H groups in total. The van der Waals surface area contributed by atoms with Crippen LogP contribution in [0.25, 0.3) is 10.8 Å². The first-order valence-electron chi connectivity index (χ1n) is 9.55. The smallest absolute Gasteiger partial charge is 0.226 e. The Morgan fingerprint density at radius 3 is 2.93 bits per heavy atom. The third-order valence-corrected chi connectivity index (χ3v) is 5.84. The van der Waals surface area contributed by atoms with Crippen molar-refractivity contribution < 1.29 is 9.53 Å². The van der Waals surface area contributed by atoms with E-state index in [1.165, 1.54) is 11.3 Å². The van der Waals surface area contributed by atoms with Gasteiger partial charge in [-0.1, -0.05) is 36.4 Å². The zero-order chi connectivity index (χ0) is 20.9. The van der Waals surface area contributed by atoms with Crippen LogP contribution in [-0.2, 0) is 18.3 Å². The molecule has 4 rings (SSSR count). The van der Waals surface area contributed by atoms with Crippen molar-refractivity contribution in [2.75, 3.05) is 11.9 Å². The number of nitrogens with zero attached hydrogens (tertiary/aromatic N) is 3. The second-order valence-electron chi connectivity index (χ2n) is 6.80. The number of nitrogens with one attached hydrogen (secondary N) is 2. The Morgan fingerprint density at radius 2 is 2.10 bits per heavy atom. The summed E-state index contributed by atoms with van der Waals surface area (Å²) in [7, 11) is 1.86. The number of ether oxygens (including phenoxy) is 1. The maximum absolute atomic E-state index is 12.2. The summed E-state index contributed by atoms with van der Waals surface area (Å²) in [4.78, 5) is 16.7. The molecule has 0 radical (unpaired) electrons. The fourth-order valence-electron chi connectivity index (χ4n) is 3.06. The minimum atomic E-state index is -0.0735. The zero-order valence-electron chi connectivity index (χ0n) is 16.4. The van der Waals surface area contributed by atoms with Crippen LogP contribution in [0, 0.1) is 4.77 Å². The van der Waals surface area contributed by atoms with Crippen molar-refractivity contribution in [1.29, 1.82) is 0 Å². The van der Waals surface area contributed by atoms with E-state index in [-0.39, 0.29) is 5.91 Å². The molecule has 9 heteroatoms. The highest BCUT2D eigenvalue weighted by Crippen LogP contribution is 2.25. The Labute approximate surface area is 182 Å². The van der Waals surface area contributed by atoms with Crippen LogP contribution >= 0.6 is 23.6 Å². The average molecular weight is 440 g/mol. The first-order chi connectivity index (χ1) is 14.6. The molecule has 2 aromatic heterocycles. The van der Waals surface area contributed by atoms with Crippen LogP contribution in [-0.4, -0.2) is 32.3 Å². The minimum Gasteiger partial charge on any atom is -0.493 e. The number of aromatic nitrogens is 4. The molecular weight excluding hydrogens is 418 g/mol. The number of hydrogen-bond donors (Lipinski definition) is 2. The van der Waals surface area contributed by atoms with E-state index in [1.807, 2.05) is 47.3 Å². The van der Waals surface area contributed by atoms with Crippen molar-refractivity contribution in [3.8, 4) is 5.75 Å². The molecule has 154 valence electrons. The molecule has 2 aromatic carbocycles. The number of anilines is 1. The molecule has 0 saturated carbocycles. The predicted molar refractivity (Wildman–Crippen MR) is 121 cm³/mol. The van der Waals surface area contributed by atoms with Gasteiger partial charge in [-0.25, -0.2) is 4.98 Å². The molecule has 0 fully saturated rings. The summed E-state index contributed by atoms with van der Waals surface area (Å²) in [5.74, 6) is 1.57.